The van der Waals surface area contributed by atoms with E-state index < -0.39 is 18.0 Å². The Labute approximate surface area is 156 Å². The number of methoxy groups -OCH3 is 2. The number of esters is 1. The third-order valence-corrected chi connectivity index (χ3v) is 3.68. The maximum atomic E-state index is 12.1. The van der Waals surface area contributed by atoms with Gasteiger partial charge in [-0.1, -0.05) is 17.7 Å². The van der Waals surface area contributed by atoms with Gasteiger partial charge in [0, 0.05) is 6.20 Å². The number of aromatic nitrogens is 1. The smallest absolute Gasteiger partial charge is 0.311 e. The molecule has 1 atom stereocenters. The summed E-state index contributed by atoms with van der Waals surface area (Å²) in [7, 11) is 3.04. The lowest BCUT2D eigenvalue weighted by molar-refractivity contribution is -0.152. The lowest BCUT2D eigenvalue weighted by Crippen LogP contribution is -2.30. The lowest BCUT2D eigenvalue weighted by atomic mass is 10.1. The summed E-state index contributed by atoms with van der Waals surface area (Å²) < 4.78 is 15.5. The predicted octanol–water partition coefficient (Wildman–Crippen LogP) is 2.87. The number of nitrogens with zero attached hydrogens (tertiary/aromatic N) is 1. The van der Waals surface area contributed by atoms with E-state index in [9.17, 15) is 9.59 Å². The van der Waals surface area contributed by atoms with Gasteiger partial charge in [-0.05, 0) is 36.8 Å². The van der Waals surface area contributed by atoms with E-state index in [1.54, 1.807) is 30.3 Å². The topological polar surface area (TPSA) is 86.8 Å². The molecule has 0 fully saturated rings. The molecule has 0 saturated carbocycles. The highest BCUT2D eigenvalue weighted by atomic mass is 35.5. The van der Waals surface area contributed by atoms with Gasteiger partial charge in [0.1, 0.15) is 5.82 Å². The van der Waals surface area contributed by atoms with Crippen LogP contribution in [0.2, 0.25) is 5.02 Å². The van der Waals surface area contributed by atoms with E-state index in [0.717, 1.165) is 0 Å². The highest BCUT2D eigenvalue weighted by Crippen LogP contribution is 2.27. The SMILES string of the molecule is COc1ccc(CC(=O)O[C@H](C)C(=O)Nc2ccc(Cl)cn2)cc1OC. The maximum absolute atomic E-state index is 12.1. The molecule has 1 amide bonds. The average Bonchev–Trinajstić information content (AvgIpc) is 2.63. The molecule has 0 aliphatic heterocycles. The zero-order valence-electron chi connectivity index (χ0n) is 14.6. The van der Waals surface area contributed by atoms with Crippen molar-refractivity contribution in [3.8, 4) is 11.5 Å². The first-order valence-electron chi connectivity index (χ1n) is 7.75. The van der Waals surface area contributed by atoms with Crippen LogP contribution in [0.15, 0.2) is 36.5 Å². The second kappa shape index (κ2) is 9.05. The molecule has 1 aromatic carbocycles. The molecule has 2 rings (SSSR count). The molecule has 26 heavy (non-hydrogen) atoms. The summed E-state index contributed by atoms with van der Waals surface area (Å²) >= 11 is 5.74. The van der Waals surface area contributed by atoms with E-state index in [1.807, 2.05) is 0 Å². The Balaban J connectivity index is 1.92. The number of rotatable bonds is 7. The summed E-state index contributed by atoms with van der Waals surface area (Å²) in [4.78, 5) is 28.1. The van der Waals surface area contributed by atoms with E-state index in [2.05, 4.69) is 10.3 Å². The molecule has 0 bridgehead atoms. The average molecular weight is 379 g/mol. The van der Waals surface area contributed by atoms with Crippen molar-refractivity contribution < 1.29 is 23.8 Å². The zero-order valence-corrected chi connectivity index (χ0v) is 15.4. The summed E-state index contributed by atoms with van der Waals surface area (Å²) in [5.41, 5.74) is 0.680. The first kappa shape index (κ1) is 19.5. The second-order valence-electron chi connectivity index (χ2n) is 5.35. The molecule has 1 N–H and O–H groups in total. The minimum absolute atomic E-state index is 0.00281. The van der Waals surface area contributed by atoms with Crippen molar-refractivity contribution in [3.63, 3.8) is 0 Å². The van der Waals surface area contributed by atoms with Crippen molar-refractivity contribution >= 4 is 29.3 Å². The Morgan fingerprint density at radius 2 is 1.88 bits per heavy atom. The lowest BCUT2D eigenvalue weighted by Gasteiger charge is -2.14. The van der Waals surface area contributed by atoms with Gasteiger partial charge >= 0.3 is 5.97 Å². The summed E-state index contributed by atoms with van der Waals surface area (Å²) in [6.07, 6.45) is 0.433. The van der Waals surface area contributed by atoms with Crippen molar-refractivity contribution in [1.29, 1.82) is 0 Å². The van der Waals surface area contributed by atoms with Crippen LogP contribution in [0.5, 0.6) is 11.5 Å². The van der Waals surface area contributed by atoms with Gasteiger partial charge in [-0.2, -0.15) is 0 Å². The quantitative estimate of drug-likeness (QED) is 0.745. The van der Waals surface area contributed by atoms with E-state index in [1.165, 1.54) is 27.3 Å². The van der Waals surface area contributed by atoms with E-state index in [0.29, 0.717) is 27.9 Å². The minimum atomic E-state index is -0.972. The minimum Gasteiger partial charge on any atom is -0.493 e. The van der Waals surface area contributed by atoms with Gasteiger partial charge in [-0.15, -0.1) is 0 Å². The van der Waals surface area contributed by atoms with Crippen LogP contribution in [0.1, 0.15) is 12.5 Å². The van der Waals surface area contributed by atoms with Crippen LogP contribution in [0.3, 0.4) is 0 Å². The maximum Gasteiger partial charge on any atom is 0.311 e. The summed E-state index contributed by atoms with van der Waals surface area (Å²) in [6.45, 7) is 1.48. The molecule has 138 valence electrons. The highest BCUT2D eigenvalue weighted by molar-refractivity contribution is 6.30. The van der Waals surface area contributed by atoms with Crippen LogP contribution in [0.25, 0.3) is 0 Å². The molecule has 1 aromatic heterocycles. The van der Waals surface area contributed by atoms with Gasteiger partial charge < -0.3 is 19.5 Å². The Morgan fingerprint density at radius 3 is 2.50 bits per heavy atom. The molecule has 0 saturated heterocycles. The van der Waals surface area contributed by atoms with Crippen LogP contribution in [-0.2, 0) is 20.7 Å². The van der Waals surface area contributed by atoms with Gasteiger partial charge in [0.15, 0.2) is 17.6 Å². The number of amides is 1. The molecule has 0 aliphatic carbocycles. The molecular weight excluding hydrogens is 360 g/mol. The number of benzene rings is 1. The fourth-order valence-electron chi connectivity index (χ4n) is 2.13. The number of carbonyl (C=O) groups is 2. The molecule has 7 nitrogen and oxygen atoms in total. The van der Waals surface area contributed by atoms with Crippen LogP contribution in [0.4, 0.5) is 5.82 Å². The van der Waals surface area contributed by atoms with Crippen LogP contribution in [0, 0.1) is 0 Å². The first-order valence-corrected chi connectivity index (χ1v) is 8.13. The fourth-order valence-corrected chi connectivity index (χ4v) is 2.24. The normalized spacial score (nSPS) is 11.4. The molecular formula is C18H19ClN2O5. The van der Waals surface area contributed by atoms with Crippen molar-refractivity contribution in [2.75, 3.05) is 19.5 Å². The molecule has 0 unspecified atom stereocenters. The van der Waals surface area contributed by atoms with Gasteiger partial charge in [0.25, 0.3) is 5.91 Å². The van der Waals surface area contributed by atoms with Crippen LogP contribution < -0.4 is 14.8 Å². The predicted molar refractivity (Wildman–Crippen MR) is 96.7 cm³/mol. The number of carbonyl (C=O) groups excluding carboxylic acids is 2. The summed E-state index contributed by atoms with van der Waals surface area (Å²) in [6, 6.07) is 8.26. The largest absolute Gasteiger partial charge is 0.493 e. The Hall–Kier alpha value is -2.80. The monoisotopic (exact) mass is 378 g/mol. The number of hydrogen-bond acceptors (Lipinski definition) is 6. The van der Waals surface area contributed by atoms with Crippen LogP contribution >= 0.6 is 11.6 Å². The number of halogens is 1. The van der Waals surface area contributed by atoms with Gasteiger partial charge in [0.05, 0.1) is 25.7 Å². The fraction of sp³-hybridized carbons (Fsp3) is 0.278. The molecule has 8 heteroatoms. The van der Waals surface area contributed by atoms with Crippen LogP contribution in [-0.4, -0.2) is 37.2 Å². The Kier molecular flexibility index (Phi) is 6.80. The Bertz CT molecular complexity index is 780. The molecule has 1 heterocycles. The molecule has 0 aliphatic rings. The van der Waals surface area contributed by atoms with Gasteiger partial charge in [-0.3, -0.25) is 9.59 Å². The zero-order chi connectivity index (χ0) is 19.1. The van der Waals surface area contributed by atoms with Crippen molar-refractivity contribution in [1.82, 2.24) is 4.98 Å². The summed E-state index contributed by atoms with van der Waals surface area (Å²) in [5.74, 6) is 0.372. The summed E-state index contributed by atoms with van der Waals surface area (Å²) in [5, 5.41) is 3.00. The standard InChI is InChI=1S/C18H19ClN2O5/c1-11(18(23)21-16-7-5-13(19)10-20-16)26-17(22)9-12-4-6-14(24-2)15(8-12)25-3/h4-8,10-11H,9H2,1-3H3,(H,20,21,23)/t11-/m1/s1. The van der Waals surface area contributed by atoms with Crippen molar-refractivity contribution in [2.24, 2.45) is 0 Å². The van der Waals surface area contributed by atoms with Crippen molar-refractivity contribution in [3.05, 3.63) is 47.1 Å². The first-order chi connectivity index (χ1) is 12.4. The Morgan fingerprint density at radius 1 is 1.15 bits per heavy atom. The van der Waals surface area contributed by atoms with Gasteiger partial charge in [0.2, 0.25) is 0 Å². The number of ether oxygens (including phenoxy) is 3. The van der Waals surface area contributed by atoms with Crippen molar-refractivity contribution in [2.45, 2.75) is 19.4 Å². The highest BCUT2D eigenvalue weighted by Gasteiger charge is 2.19. The number of nitrogens with one attached hydrogen (secondary N) is 1. The molecule has 0 spiro atoms. The number of pyridine rings is 1. The number of hydrogen-bond donors (Lipinski definition) is 1. The van der Waals surface area contributed by atoms with Gasteiger partial charge in [-0.25, -0.2) is 4.98 Å². The molecule has 2 aromatic rings. The van der Waals surface area contributed by atoms with E-state index >= 15 is 0 Å². The number of anilines is 1. The van der Waals surface area contributed by atoms with E-state index in [4.69, 9.17) is 25.8 Å². The second-order valence-corrected chi connectivity index (χ2v) is 5.79. The third-order valence-electron chi connectivity index (χ3n) is 3.45. The third kappa shape index (κ3) is 5.35. The van der Waals surface area contributed by atoms with E-state index in [-0.39, 0.29) is 6.42 Å². The molecule has 0 radical (unpaired) electrons.